The van der Waals surface area contributed by atoms with Crippen LogP contribution in [-0.2, 0) is 16.8 Å². The van der Waals surface area contributed by atoms with E-state index in [4.69, 9.17) is 5.73 Å². The number of nitrogens with two attached hydrogens (primary N) is 1. The topological polar surface area (TPSA) is 58.4 Å². The minimum atomic E-state index is -0.772. The molecule has 1 aliphatic rings. The first-order valence-electron chi connectivity index (χ1n) is 15.1. The summed E-state index contributed by atoms with van der Waals surface area (Å²) in [5, 5.41) is 3.55. The zero-order valence-electron chi connectivity index (χ0n) is 23.6. The molecular formula is C35H47N3O. The molecule has 0 radical (unpaired) electrons. The molecule has 1 amide bonds. The third-order valence-electron chi connectivity index (χ3n) is 8.55. The molecule has 0 unspecified atom stereocenters. The van der Waals surface area contributed by atoms with Crippen LogP contribution in [0.15, 0.2) is 91.0 Å². The fraction of sp³-hybridized carbons (Fsp3) is 0.457. The van der Waals surface area contributed by atoms with Crippen LogP contribution >= 0.6 is 0 Å². The van der Waals surface area contributed by atoms with E-state index in [1.54, 1.807) is 0 Å². The molecule has 1 saturated heterocycles. The van der Waals surface area contributed by atoms with Crippen LogP contribution in [0.25, 0.3) is 0 Å². The fourth-order valence-corrected chi connectivity index (χ4v) is 6.41. The molecule has 4 heteroatoms. The number of hydrogen-bond acceptors (Lipinski definition) is 3. The van der Waals surface area contributed by atoms with Crippen LogP contribution in [0.1, 0.15) is 74.5 Å². The van der Waals surface area contributed by atoms with Gasteiger partial charge in [-0.15, -0.1) is 0 Å². The predicted molar refractivity (Wildman–Crippen MR) is 162 cm³/mol. The zero-order valence-corrected chi connectivity index (χ0v) is 23.6. The Morgan fingerprint density at radius 2 is 1.21 bits per heavy atom. The Labute approximate surface area is 236 Å². The molecule has 0 spiro atoms. The molecule has 1 fully saturated rings. The van der Waals surface area contributed by atoms with Crippen molar-refractivity contribution in [3.05, 3.63) is 108 Å². The maximum atomic E-state index is 13.2. The minimum absolute atomic E-state index is 0.207. The third kappa shape index (κ3) is 8.03. The number of piperidine rings is 1. The van der Waals surface area contributed by atoms with Crippen molar-refractivity contribution in [3.63, 3.8) is 0 Å². The molecule has 0 aromatic heterocycles. The summed E-state index contributed by atoms with van der Waals surface area (Å²) in [6.07, 6.45) is 11.2. The summed E-state index contributed by atoms with van der Waals surface area (Å²) in [7, 11) is 0. The van der Waals surface area contributed by atoms with Gasteiger partial charge in [0.05, 0.1) is 0 Å². The fourth-order valence-electron chi connectivity index (χ4n) is 6.41. The third-order valence-corrected chi connectivity index (χ3v) is 8.55. The Morgan fingerprint density at radius 3 is 1.74 bits per heavy atom. The van der Waals surface area contributed by atoms with E-state index >= 15 is 0 Å². The molecule has 3 aromatic carbocycles. The molecule has 208 valence electrons. The Balaban J connectivity index is 1.14. The maximum Gasteiger partial charge on any atom is 0.232 e. The van der Waals surface area contributed by atoms with Crippen molar-refractivity contribution in [2.75, 3.05) is 26.2 Å². The lowest BCUT2D eigenvalue weighted by Gasteiger charge is -2.43. The molecule has 0 bridgehead atoms. The Bertz CT molecular complexity index is 1040. The van der Waals surface area contributed by atoms with Gasteiger partial charge in [0.2, 0.25) is 5.91 Å². The molecule has 4 rings (SSSR count). The first-order chi connectivity index (χ1) is 19.2. The summed E-state index contributed by atoms with van der Waals surface area (Å²) >= 11 is 0. The second-order valence-electron chi connectivity index (χ2n) is 11.2. The van der Waals surface area contributed by atoms with Crippen LogP contribution in [0, 0.1) is 5.92 Å². The molecule has 0 saturated carbocycles. The van der Waals surface area contributed by atoms with Gasteiger partial charge in [-0.3, -0.25) is 4.79 Å². The predicted octanol–water partition coefficient (Wildman–Crippen LogP) is 6.69. The van der Waals surface area contributed by atoms with Crippen molar-refractivity contribution in [2.45, 2.75) is 69.7 Å². The first kappa shape index (κ1) is 29.0. The van der Waals surface area contributed by atoms with E-state index in [0.29, 0.717) is 0 Å². The van der Waals surface area contributed by atoms with Gasteiger partial charge < -0.3 is 16.0 Å². The number of carbonyl (C=O) groups is 1. The highest BCUT2D eigenvalue weighted by molar-refractivity contribution is 5.91. The number of nitrogens with one attached hydrogen (secondary N) is 1. The largest absolute Gasteiger partial charge is 0.369 e. The van der Waals surface area contributed by atoms with E-state index in [1.165, 1.54) is 50.5 Å². The van der Waals surface area contributed by atoms with E-state index in [-0.39, 0.29) is 11.8 Å². The molecule has 0 atom stereocenters. The van der Waals surface area contributed by atoms with E-state index in [0.717, 1.165) is 56.7 Å². The standard InChI is InChI=1S/C35H47N3O/c36-34(39)35(31-19-11-7-12-20-31,32-21-13-8-14-22-32)33-23-27-38(28-24-33)26-16-5-3-1-2-4-15-25-37-29-30-17-9-6-10-18-30/h6-14,17-22,33,37H,1-5,15-16,23-29H2,(H2,36,39). The number of hydrogen-bond donors (Lipinski definition) is 2. The number of rotatable bonds is 16. The monoisotopic (exact) mass is 525 g/mol. The SMILES string of the molecule is NC(=O)C(c1ccccc1)(c1ccccc1)C1CCN(CCCCCCCCCNCc2ccccc2)CC1. The molecule has 3 aromatic rings. The number of carbonyl (C=O) groups excluding carboxylic acids is 1. The van der Waals surface area contributed by atoms with Gasteiger partial charge in [0.15, 0.2) is 0 Å². The number of primary amides is 1. The van der Waals surface area contributed by atoms with Crippen molar-refractivity contribution in [1.82, 2.24) is 10.2 Å². The summed E-state index contributed by atoms with van der Waals surface area (Å²) in [5.74, 6) is -0.0245. The average molecular weight is 526 g/mol. The molecule has 39 heavy (non-hydrogen) atoms. The van der Waals surface area contributed by atoms with Crippen LogP contribution in [0.3, 0.4) is 0 Å². The lowest BCUT2D eigenvalue weighted by Crippen LogP contribution is -2.51. The number of benzene rings is 3. The first-order valence-corrected chi connectivity index (χ1v) is 15.1. The Hall–Kier alpha value is -2.95. The lowest BCUT2D eigenvalue weighted by atomic mass is 9.62. The minimum Gasteiger partial charge on any atom is -0.369 e. The van der Waals surface area contributed by atoms with Gasteiger partial charge in [-0.2, -0.15) is 0 Å². The van der Waals surface area contributed by atoms with Gasteiger partial charge >= 0.3 is 0 Å². The van der Waals surface area contributed by atoms with Crippen LogP contribution in [-0.4, -0.2) is 37.0 Å². The van der Waals surface area contributed by atoms with Gasteiger partial charge in [-0.25, -0.2) is 0 Å². The van der Waals surface area contributed by atoms with Crippen molar-refractivity contribution in [2.24, 2.45) is 11.7 Å². The summed E-state index contributed by atoms with van der Waals surface area (Å²) in [5.41, 5.74) is 8.88. The van der Waals surface area contributed by atoms with E-state index in [2.05, 4.69) is 64.8 Å². The highest BCUT2D eigenvalue weighted by atomic mass is 16.1. The second kappa shape index (κ2) is 15.6. The van der Waals surface area contributed by atoms with Gasteiger partial charge in [-0.1, -0.05) is 123 Å². The molecule has 0 aliphatic carbocycles. The van der Waals surface area contributed by atoms with Crippen LogP contribution in [0.4, 0.5) is 0 Å². The van der Waals surface area contributed by atoms with E-state index < -0.39 is 5.41 Å². The van der Waals surface area contributed by atoms with Gasteiger partial charge in [0.1, 0.15) is 5.41 Å². The molecule has 1 aliphatic heterocycles. The quantitative estimate of drug-likeness (QED) is 0.205. The highest BCUT2D eigenvalue weighted by Crippen LogP contribution is 2.44. The van der Waals surface area contributed by atoms with Crippen molar-refractivity contribution >= 4 is 5.91 Å². The van der Waals surface area contributed by atoms with E-state index in [1.807, 2.05) is 36.4 Å². The number of likely N-dealkylation sites (tertiary alicyclic amines) is 1. The van der Waals surface area contributed by atoms with Gasteiger partial charge in [-0.05, 0) is 74.5 Å². The van der Waals surface area contributed by atoms with Crippen LogP contribution in [0.5, 0.6) is 0 Å². The van der Waals surface area contributed by atoms with Crippen LogP contribution in [0.2, 0.25) is 0 Å². The molecule has 4 nitrogen and oxygen atoms in total. The van der Waals surface area contributed by atoms with Crippen molar-refractivity contribution in [3.8, 4) is 0 Å². The number of amides is 1. The molecule has 1 heterocycles. The number of nitrogens with zero attached hydrogens (tertiary/aromatic N) is 1. The average Bonchev–Trinajstić information content (AvgIpc) is 2.98. The van der Waals surface area contributed by atoms with Gasteiger partial charge in [0.25, 0.3) is 0 Å². The zero-order chi connectivity index (χ0) is 27.2. The number of unbranched alkanes of at least 4 members (excludes halogenated alkanes) is 6. The normalized spacial score (nSPS) is 14.9. The highest BCUT2D eigenvalue weighted by Gasteiger charge is 2.47. The Kier molecular flexibility index (Phi) is 11.6. The smallest absolute Gasteiger partial charge is 0.232 e. The maximum absolute atomic E-state index is 13.2. The Morgan fingerprint density at radius 1 is 0.718 bits per heavy atom. The summed E-state index contributed by atoms with van der Waals surface area (Å²) in [4.78, 5) is 15.8. The van der Waals surface area contributed by atoms with Crippen molar-refractivity contribution < 1.29 is 4.79 Å². The molecular weight excluding hydrogens is 478 g/mol. The van der Waals surface area contributed by atoms with Crippen LogP contribution < -0.4 is 11.1 Å². The van der Waals surface area contributed by atoms with E-state index in [9.17, 15) is 4.79 Å². The lowest BCUT2D eigenvalue weighted by molar-refractivity contribution is -0.124. The van der Waals surface area contributed by atoms with Crippen molar-refractivity contribution in [1.29, 1.82) is 0 Å². The van der Waals surface area contributed by atoms with Gasteiger partial charge in [0, 0.05) is 6.54 Å². The second-order valence-corrected chi connectivity index (χ2v) is 11.2. The molecule has 3 N–H and O–H groups in total. The summed E-state index contributed by atoms with van der Waals surface area (Å²) in [6.45, 7) is 5.32. The summed E-state index contributed by atoms with van der Waals surface area (Å²) in [6, 6.07) is 31.0. The summed E-state index contributed by atoms with van der Waals surface area (Å²) < 4.78 is 0.